The van der Waals surface area contributed by atoms with Crippen molar-refractivity contribution in [2.24, 2.45) is 0 Å². The van der Waals surface area contributed by atoms with E-state index in [1.54, 1.807) is 6.92 Å². The van der Waals surface area contributed by atoms with E-state index in [-0.39, 0.29) is 5.54 Å². The van der Waals surface area contributed by atoms with Crippen molar-refractivity contribution < 1.29 is 17.9 Å². The lowest BCUT2D eigenvalue weighted by atomic mass is 10.0. The highest BCUT2D eigenvalue weighted by Gasteiger charge is 2.28. The molecule has 0 radical (unpaired) electrons. The quantitative estimate of drug-likeness (QED) is 0.753. The molecule has 1 atom stereocenters. The minimum Gasteiger partial charge on any atom is -0.368 e. The molecule has 0 aliphatic carbocycles. The summed E-state index contributed by atoms with van der Waals surface area (Å²) in [5.74, 6) is 0. The van der Waals surface area contributed by atoms with Crippen LogP contribution in [-0.4, -0.2) is 31.0 Å². The van der Waals surface area contributed by atoms with Crippen molar-refractivity contribution in [1.82, 2.24) is 5.32 Å². The molecule has 0 aliphatic heterocycles. The fourth-order valence-electron chi connectivity index (χ4n) is 0.841. The van der Waals surface area contributed by atoms with Gasteiger partial charge in [0, 0.05) is 12.1 Å². The average Bonchev–Trinajstić information content (AvgIpc) is 2.10. The maximum atomic E-state index is 11.8. The predicted octanol–water partition coefficient (Wildman–Crippen LogP) is 2.73. The van der Waals surface area contributed by atoms with Gasteiger partial charge in [0.2, 0.25) is 0 Å². The molecule has 0 rings (SSSR count). The summed E-state index contributed by atoms with van der Waals surface area (Å²) in [6, 6.07) is 0. The second kappa shape index (κ2) is 5.70. The fraction of sp³-hybridized carbons (Fsp3) is 1.00. The molecule has 0 aliphatic rings. The molecule has 0 bridgehead atoms. The van der Waals surface area contributed by atoms with E-state index in [2.05, 4.69) is 10.1 Å². The Hall–Kier alpha value is -0.290. The van der Waals surface area contributed by atoms with Crippen LogP contribution in [0.1, 0.15) is 34.1 Å². The lowest BCUT2D eigenvalue weighted by Crippen LogP contribution is -2.43. The molecule has 92 valence electrons. The zero-order valence-corrected chi connectivity index (χ0v) is 9.74. The van der Waals surface area contributed by atoms with Gasteiger partial charge in [-0.15, -0.1) is 0 Å². The molecule has 0 aromatic heterocycles. The minimum atomic E-state index is -4.24. The summed E-state index contributed by atoms with van der Waals surface area (Å²) in [6.07, 6.45) is -3.76. The highest BCUT2D eigenvalue weighted by molar-refractivity contribution is 4.76. The van der Waals surface area contributed by atoms with Crippen molar-refractivity contribution in [3.8, 4) is 0 Å². The van der Waals surface area contributed by atoms with Gasteiger partial charge in [-0.25, -0.2) is 0 Å². The number of rotatable bonds is 6. The van der Waals surface area contributed by atoms with E-state index in [4.69, 9.17) is 0 Å². The van der Waals surface area contributed by atoms with Gasteiger partial charge in [0.15, 0.2) is 0 Å². The van der Waals surface area contributed by atoms with E-state index < -0.39 is 18.9 Å². The van der Waals surface area contributed by atoms with Gasteiger partial charge >= 0.3 is 6.18 Å². The monoisotopic (exact) mass is 227 g/mol. The van der Waals surface area contributed by atoms with E-state index in [1.165, 1.54) is 0 Å². The summed E-state index contributed by atoms with van der Waals surface area (Å²) in [5, 5.41) is 3.15. The third-order valence-corrected chi connectivity index (χ3v) is 2.28. The first-order chi connectivity index (χ1) is 6.66. The van der Waals surface area contributed by atoms with E-state index in [9.17, 15) is 13.2 Å². The number of hydrogen-bond donors (Lipinski definition) is 1. The summed E-state index contributed by atoms with van der Waals surface area (Å²) in [4.78, 5) is 0. The lowest BCUT2D eigenvalue weighted by molar-refractivity contribution is -0.183. The summed E-state index contributed by atoms with van der Waals surface area (Å²) >= 11 is 0. The minimum absolute atomic E-state index is 0.0597. The first-order valence-corrected chi connectivity index (χ1v) is 5.09. The van der Waals surface area contributed by atoms with Gasteiger partial charge in [0.25, 0.3) is 0 Å². The van der Waals surface area contributed by atoms with Crippen molar-refractivity contribution in [3.05, 3.63) is 0 Å². The van der Waals surface area contributed by atoms with E-state index >= 15 is 0 Å². The largest absolute Gasteiger partial charge is 0.411 e. The van der Waals surface area contributed by atoms with E-state index in [0.717, 1.165) is 6.42 Å². The number of hydrogen-bond acceptors (Lipinski definition) is 2. The molecule has 0 aromatic carbocycles. The standard InChI is InChI=1S/C10H20F3NO/c1-5-9(3,4)14-6-8(2)15-7-10(11,12)13/h8,14H,5-7H2,1-4H3. The van der Waals surface area contributed by atoms with Gasteiger partial charge in [0.1, 0.15) is 6.61 Å². The second-order valence-electron chi connectivity index (χ2n) is 4.36. The van der Waals surface area contributed by atoms with Gasteiger partial charge in [-0.3, -0.25) is 0 Å². The Morgan fingerprint density at radius 3 is 2.20 bits per heavy atom. The number of nitrogens with one attached hydrogen (secondary N) is 1. The van der Waals surface area contributed by atoms with E-state index in [1.807, 2.05) is 20.8 Å². The molecule has 0 saturated heterocycles. The van der Waals surface area contributed by atoms with Crippen LogP contribution in [0.3, 0.4) is 0 Å². The Labute approximate surface area is 89.2 Å². The van der Waals surface area contributed by atoms with Gasteiger partial charge in [-0.05, 0) is 27.2 Å². The SMILES string of the molecule is CCC(C)(C)NCC(C)OCC(F)(F)F. The smallest absolute Gasteiger partial charge is 0.368 e. The number of halogens is 3. The van der Waals surface area contributed by atoms with Crippen LogP contribution in [0.5, 0.6) is 0 Å². The van der Waals surface area contributed by atoms with E-state index in [0.29, 0.717) is 6.54 Å². The van der Waals surface area contributed by atoms with Crippen molar-refractivity contribution in [3.63, 3.8) is 0 Å². The lowest BCUT2D eigenvalue weighted by Gasteiger charge is -2.26. The fourth-order valence-corrected chi connectivity index (χ4v) is 0.841. The summed E-state index contributed by atoms with van der Waals surface area (Å²) in [7, 11) is 0. The molecule has 1 unspecified atom stereocenters. The van der Waals surface area contributed by atoms with Crippen molar-refractivity contribution in [2.75, 3.05) is 13.2 Å². The van der Waals surface area contributed by atoms with Crippen LogP contribution in [0, 0.1) is 0 Å². The van der Waals surface area contributed by atoms with Gasteiger partial charge < -0.3 is 10.1 Å². The van der Waals surface area contributed by atoms with Crippen LogP contribution < -0.4 is 5.32 Å². The molecule has 0 fully saturated rings. The average molecular weight is 227 g/mol. The molecule has 0 spiro atoms. The molecule has 0 aromatic rings. The van der Waals surface area contributed by atoms with Crippen LogP contribution in [0.15, 0.2) is 0 Å². The third kappa shape index (κ3) is 8.69. The Morgan fingerprint density at radius 2 is 1.80 bits per heavy atom. The van der Waals surface area contributed by atoms with Crippen LogP contribution in [0.4, 0.5) is 13.2 Å². The highest BCUT2D eigenvalue weighted by atomic mass is 19.4. The third-order valence-electron chi connectivity index (χ3n) is 2.28. The highest BCUT2D eigenvalue weighted by Crippen LogP contribution is 2.15. The Bertz CT molecular complexity index is 180. The molecule has 15 heavy (non-hydrogen) atoms. The second-order valence-corrected chi connectivity index (χ2v) is 4.36. The molecule has 0 heterocycles. The van der Waals surface area contributed by atoms with Crippen molar-refractivity contribution in [1.29, 1.82) is 0 Å². The van der Waals surface area contributed by atoms with Crippen LogP contribution in [0.25, 0.3) is 0 Å². The van der Waals surface area contributed by atoms with Crippen molar-refractivity contribution >= 4 is 0 Å². The summed E-state index contributed by atoms with van der Waals surface area (Å²) in [5.41, 5.74) is -0.0597. The normalized spacial score (nSPS) is 15.4. The van der Waals surface area contributed by atoms with Crippen LogP contribution in [-0.2, 0) is 4.74 Å². The van der Waals surface area contributed by atoms with Gasteiger partial charge in [-0.2, -0.15) is 13.2 Å². The van der Waals surface area contributed by atoms with Gasteiger partial charge in [-0.1, -0.05) is 6.92 Å². The number of alkyl halides is 3. The molecule has 0 saturated carbocycles. The topological polar surface area (TPSA) is 21.3 Å². The molecular formula is C10H20F3NO. The maximum Gasteiger partial charge on any atom is 0.411 e. The summed E-state index contributed by atoms with van der Waals surface area (Å²) in [6.45, 7) is 6.91. The van der Waals surface area contributed by atoms with Crippen molar-refractivity contribution in [2.45, 2.75) is 51.9 Å². The maximum absolute atomic E-state index is 11.8. The zero-order valence-electron chi connectivity index (χ0n) is 9.74. The van der Waals surface area contributed by atoms with Crippen LogP contribution >= 0.6 is 0 Å². The Morgan fingerprint density at radius 1 is 1.27 bits per heavy atom. The molecular weight excluding hydrogens is 207 g/mol. The number of ether oxygens (including phenoxy) is 1. The van der Waals surface area contributed by atoms with Crippen LogP contribution in [0.2, 0.25) is 0 Å². The molecule has 0 amide bonds. The Kier molecular flexibility index (Phi) is 5.59. The molecule has 1 N–H and O–H groups in total. The molecule has 2 nitrogen and oxygen atoms in total. The van der Waals surface area contributed by atoms with Gasteiger partial charge in [0.05, 0.1) is 6.10 Å². The predicted molar refractivity (Wildman–Crippen MR) is 53.8 cm³/mol. The first-order valence-electron chi connectivity index (χ1n) is 5.09. The Balaban J connectivity index is 3.71. The summed E-state index contributed by atoms with van der Waals surface area (Å²) < 4.78 is 40.1. The molecule has 5 heteroatoms. The first kappa shape index (κ1) is 14.7. The zero-order chi connectivity index (χ0) is 12.1.